The summed E-state index contributed by atoms with van der Waals surface area (Å²) in [6.45, 7) is 11.2. The maximum absolute atomic E-state index is 8.79. The van der Waals surface area contributed by atoms with Gasteiger partial charge in [0, 0.05) is 0 Å². The lowest BCUT2D eigenvalue weighted by atomic mass is 9.67. The van der Waals surface area contributed by atoms with Crippen LogP contribution in [0.1, 0.15) is 41.0 Å². The molecule has 2 nitrogen and oxygen atoms in total. The van der Waals surface area contributed by atoms with Gasteiger partial charge in [0.1, 0.15) is 6.79 Å². The quantitative estimate of drug-likeness (QED) is 0.671. The molecule has 1 fully saturated rings. The van der Waals surface area contributed by atoms with Crippen LogP contribution in [-0.2, 0) is 4.74 Å². The summed E-state index contributed by atoms with van der Waals surface area (Å²) in [6.07, 6.45) is 1.25. The van der Waals surface area contributed by atoms with E-state index in [-0.39, 0.29) is 23.7 Å². The Morgan fingerprint density at radius 1 is 1.23 bits per heavy atom. The maximum Gasteiger partial charge on any atom is 0.143 e. The largest absolute Gasteiger partial charge is 0.371 e. The van der Waals surface area contributed by atoms with Gasteiger partial charge in [0.15, 0.2) is 0 Å². The van der Waals surface area contributed by atoms with Gasteiger partial charge in [-0.25, -0.2) is 0 Å². The molecule has 13 heavy (non-hydrogen) atoms. The Hall–Kier alpha value is -0.0800. The van der Waals surface area contributed by atoms with Crippen LogP contribution in [0.2, 0.25) is 0 Å². The van der Waals surface area contributed by atoms with Crippen molar-refractivity contribution in [2.24, 2.45) is 16.7 Å². The summed E-state index contributed by atoms with van der Waals surface area (Å²) in [4.78, 5) is 0. The van der Waals surface area contributed by atoms with Gasteiger partial charge >= 0.3 is 0 Å². The monoisotopic (exact) mass is 186 g/mol. The minimum atomic E-state index is -0.156. The smallest absolute Gasteiger partial charge is 0.143 e. The average Bonchev–Trinajstić information content (AvgIpc) is 2.14. The van der Waals surface area contributed by atoms with Gasteiger partial charge in [-0.3, -0.25) is 0 Å². The molecule has 0 aromatic rings. The standard InChI is InChI=1S/C11H22O2/c1-8-6-9(13-7-12)11(4,5)10(8,2)3/h8-9,12H,6-7H2,1-5H3. The molecule has 0 spiro atoms. The Labute approximate surface area is 81.3 Å². The van der Waals surface area contributed by atoms with Crippen LogP contribution in [0.25, 0.3) is 0 Å². The van der Waals surface area contributed by atoms with Crippen molar-refractivity contribution in [3.05, 3.63) is 0 Å². The van der Waals surface area contributed by atoms with Crippen molar-refractivity contribution in [2.45, 2.75) is 47.1 Å². The van der Waals surface area contributed by atoms with E-state index >= 15 is 0 Å². The molecule has 0 heterocycles. The first kappa shape index (κ1) is 11.0. The normalized spacial score (nSPS) is 36.5. The second-order valence-electron chi connectivity index (χ2n) is 5.36. The van der Waals surface area contributed by atoms with Crippen molar-refractivity contribution in [3.63, 3.8) is 0 Å². The van der Waals surface area contributed by atoms with Crippen LogP contribution < -0.4 is 0 Å². The number of hydrogen-bond acceptors (Lipinski definition) is 2. The van der Waals surface area contributed by atoms with E-state index in [9.17, 15) is 0 Å². The minimum absolute atomic E-state index is 0.148. The Bertz CT molecular complexity index is 185. The second kappa shape index (κ2) is 3.25. The molecular formula is C11H22O2. The first-order valence-electron chi connectivity index (χ1n) is 5.06. The summed E-state index contributed by atoms with van der Waals surface area (Å²) >= 11 is 0. The van der Waals surface area contributed by atoms with Gasteiger partial charge in [-0.1, -0.05) is 34.6 Å². The molecule has 78 valence electrons. The van der Waals surface area contributed by atoms with Crippen LogP contribution in [0.4, 0.5) is 0 Å². The molecule has 0 aromatic carbocycles. The van der Waals surface area contributed by atoms with Crippen LogP contribution >= 0.6 is 0 Å². The number of rotatable bonds is 2. The zero-order valence-electron chi connectivity index (χ0n) is 9.42. The van der Waals surface area contributed by atoms with Crippen molar-refractivity contribution in [2.75, 3.05) is 6.79 Å². The topological polar surface area (TPSA) is 29.5 Å². The molecule has 1 aliphatic carbocycles. The fourth-order valence-electron chi connectivity index (χ4n) is 2.33. The summed E-state index contributed by atoms with van der Waals surface area (Å²) in [7, 11) is 0. The van der Waals surface area contributed by atoms with E-state index in [2.05, 4.69) is 34.6 Å². The van der Waals surface area contributed by atoms with Gasteiger partial charge in [0.05, 0.1) is 6.10 Å². The Morgan fingerprint density at radius 3 is 2.08 bits per heavy atom. The van der Waals surface area contributed by atoms with Gasteiger partial charge in [0.25, 0.3) is 0 Å². The van der Waals surface area contributed by atoms with Crippen molar-refractivity contribution < 1.29 is 9.84 Å². The third-order valence-electron chi connectivity index (χ3n) is 4.54. The molecule has 1 N–H and O–H groups in total. The van der Waals surface area contributed by atoms with E-state index in [4.69, 9.17) is 9.84 Å². The van der Waals surface area contributed by atoms with Crippen LogP contribution in [0.15, 0.2) is 0 Å². The fraction of sp³-hybridized carbons (Fsp3) is 1.00. The summed E-state index contributed by atoms with van der Waals surface area (Å²) in [5.41, 5.74) is 0.433. The summed E-state index contributed by atoms with van der Waals surface area (Å²) in [6, 6.07) is 0. The maximum atomic E-state index is 8.79. The highest BCUT2D eigenvalue weighted by molar-refractivity contribution is 5.02. The average molecular weight is 186 g/mol. The van der Waals surface area contributed by atoms with Gasteiger partial charge in [-0.15, -0.1) is 0 Å². The van der Waals surface area contributed by atoms with Crippen LogP contribution in [-0.4, -0.2) is 18.0 Å². The van der Waals surface area contributed by atoms with Crippen molar-refractivity contribution in [1.29, 1.82) is 0 Å². The molecule has 0 amide bonds. The zero-order valence-corrected chi connectivity index (χ0v) is 9.42. The third kappa shape index (κ3) is 1.50. The first-order valence-corrected chi connectivity index (χ1v) is 5.06. The number of ether oxygens (including phenoxy) is 1. The number of hydrogen-bond donors (Lipinski definition) is 1. The van der Waals surface area contributed by atoms with Crippen molar-refractivity contribution in [3.8, 4) is 0 Å². The van der Waals surface area contributed by atoms with E-state index in [1.54, 1.807) is 0 Å². The highest BCUT2D eigenvalue weighted by Crippen LogP contribution is 2.56. The Balaban J connectivity index is 2.84. The molecule has 2 heteroatoms. The third-order valence-corrected chi connectivity index (χ3v) is 4.54. The summed E-state index contributed by atoms with van der Waals surface area (Å²) < 4.78 is 5.38. The van der Waals surface area contributed by atoms with Gasteiger partial charge in [0.2, 0.25) is 0 Å². The Morgan fingerprint density at radius 2 is 1.77 bits per heavy atom. The highest BCUT2D eigenvalue weighted by atomic mass is 16.6. The molecule has 2 unspecified atom stereocenters. The fourth-order valence-corrected chi connectivity index (χ4v) is 2.33. The zero-order chi connectivity index (χ0) is 10.3. The molecule has 0 bridgehead atoms. The lowest BCUT2D eigenvalue weighted by molar-refractivity contribution is -0.100. The lowest BCUT2D eigenvalue weighted by Gasteiger charge is -2.40. The number of aliphatic hydroxyl groups is 1. The molecule has 1 rings (SSSR count). The SMILES string of the molecule is CC1CC(OCO)C(C)(C)C1(C)C. The second-order valence-corrected chi connectivity index (χ2v) is 5.36. The summed E-state index contributed by atoms with van der Waals surface area (Å²) in [5.74, 6) is 0.652. The number of aliphatic hydroxyl groups excluding tert-OH is 1. The van der Waals surface area contributed by atoms with Gasteiger partial charge in [-0.2, -0.15) is 0 Å². The molecule has 0 aromatic heterocycles. The molecule has 0 aliphatic heterocycles. The van der Waals surface area contributed by atoms with E-state index in [0.717, 1.165) is 6.42 Å². The van der Waals surface area contributed by atoms with E-state index in [0.29, 0.717) is 5.92 Å². The minimum Gasteiger partial charge on any atom is -0.371 e. The Kier molecular flexibility index (Phi) is 2.75. The van der Waals surface area contributed by atoms with Crippen LogP contribution in [0.3, 0.4) is 0 Å². The van der Waals surface area contributed by atoms with Crippen molar-refractivity contribution in [1.82, 2.24) is 0 Å². The van der Waals surface area contributed by atoms with Crippen LogP contribution in [0.5, 0.6) is 0 Å². The molecule has 1 saturated carbocycles. The van der Waals surface area contributed by atoms with E-state index in [1.165, 1.54) is 0 Å². The van der Waals surface area contributed by atoms with Gasteiger partial charge < -0.3 is 9.84 Å². The first-order chi connectivity index (χ1) is 5.84. The molecule has 2 atom stereocenters. The predicted molar refractivity (Wildman–Crippen MR) is 53.3 cm³/mol. The predicted octanol–water partition coefficient (Wildman–Crippen LogP) is 2.41. The lowest BCUT2D eigenvalue weighted by Crippen LogP contribution is -2.37. The molecule has 0 radical (unpaired) electrons. The van der Waals surface area contributed by atoms with Crippen LogP contribution in [0, 0.1) is 16.7 Å². The molecule has 0 saturated heterocycles. The molecule has 1 aliphatic rings. The van der Waals surface area contributed by atoms with E-state index < -0.39 is 0 Å². The molecular weight excluding hydrogens is 164 g/mol. The summed E-state index contributed by atoms with van der Waals surface area (Å²) in [5, 5.41) is 8.79. The van der Waals surface area contributed by atoms with Gasteiger partial charge in [-0.05, 0) is 23.2 Å². The highest BCUT2D eigenvalue weighted by Gasteiger charge is 2.53. The van der Waals surface area contributed by atoms with E-state index in [1.807, 2.05) is 0 Å². The van der Waals surface area contributed by atoms with Crippen molar-refractivity contribution >= 4 is 0 Å².